The molecule has 1 atom stereocenters. The fourth-order valence-corrected chi connectivity index (χ4v) is 4.32. The molecule has 2 amide bonds. The first-order valence-corrected chi connectivity index (χ1v) is 11.5. The third-order valence-electron chi connectivity index (χ3n) is 6.18. The second kappa shape index (κ2) is 11.0. The van der Waals surface area contributed by atoms with Crippen molar-refractivity contribution in [1.29, 1.82) is 0 Å². The maximum Gasteiger partial charge on any atom is 0.287 e. The summed E-state index contributed by atoms with van der Waals surface area (Å²) in [5.74, 6) is 0.232. The van der Waals surface area contributed by atoms with Crippen LogP contribution in [0.15, 0.2) is 77.4 Å². The van der Waals surface area contributed by atoms with Gasteiger partial charge in [-0.15, -0.1) is 0 Å². The molecule has 2 aromatic carbocycles. The summed E-state index contributed by atoms with van der Waals surface area (Å²) < 4.78 is 5.28. The Hall–Kier alpha value is -3.38. The summed E-state index contributed by atoms with van der Waals surface area (Å²) in [7, 11) is 0. The van der Waals surface area contributed by atoms with Gasteiger partial charge in [0.25, 0.3) is 5.91 Å². The van der Waals surface area contributed by atoms with Gasteiger partial charge in [0.1, 0.15) is 0 Å². The van der Waals surface area contributed by atoms with E-state index in [2.05, 4.69) is 39.8 Å². The van der Waals surface area contributed by atoms with Gasteiger partial charge in [0.2, 0.25) is 5.91 Å². The Morgan fingerprint density at radius 2 is 1.67 bits per heavy atom. The Labute approximate surface area is 195 Å². The predicted molar refractivity (Wildman–Crippen MR) is 128 cm³/mol. The Morgan fingerprint density at radius 1 is 1.00 bits per heavy atom. The zero-order valence-electron chi connectivity index (χ0n) is 19.0. The topological polar surface area (TPSA) is 74.6 Å². The molecule has 1 aromatic heterocycles. The molecule has 2 heterocycles. The molecular formula is C27H31N3O3. The van der Waals surface area contributed by atoms with Gasteiger partial charge in [-0.05, 0) is 43.4 Å². The fourth-order valence-electron chi connectivity index (χ4n) is 4.32. The van der Waals surface area contributed by atoms with E-state index in [-0.39, 0.29) is 23.9 Å². The number of nitrogens with zero attached hydrogens (tertiary/aromatic N) is 1. The van der Waals surface area contributed by atoms with E-state index >= 15 is 0 Å². The number of rotatable bonds is 8. The fraction of sp³-hybridized carbons (Fsp3) is 0.333. The molecular weight excluding hydrogens is 414 g/mol. The van der Waals surface area contributed by atoms with Crippen LogP contribution in [0.5, 0.6) is 0 Å². The van der Waals surface area contributed by atoms with E-state index < -0.39 is 0 Å². The molecule has 6 heteroatoms. The summed E-state index contributed by atoms with van der Waals surface area (Å²) >= 11 is 0. The first-order valence-electron chi connectivity index (χ1n) is 11.5. The smallest absolute Gasteiger partial charge is 0.287 e. The van der Waals surface area contributed by atoms with Crippen LogP contribution in [0, 0.1) is 6.92 Å². The van der Waals surface area contributed by atoms with Crippen molar-refractivity contribution >= 4 is 11.8 Å². The number of hydrogen-bond donors (Lipinski definition) is 2. The van der Waals surface area contributed by atoms with E-state index in [0.29, 0.717) is 12.3 Å². The monoisotopic (exact) mass is 445 g/mol. The number of likely N-dealkylation sites (tertiary alicyclic amines) is 1. The van der Waals surface area contributed by atoms with E-state index in [1.54, 1.807) is 6.07 Å². The number of carbonyl (C=O) groups is 2. The molecule has 6 nitrogen and oxygen atoms in total. The average molecular weight is 446 g/mol. The Morgan fingerprint density at radius 3 is 2.30 bits per heavy atom. The lowest BCUT2D eigenvalue weighted by molar-refractivity contribution is -0.123. The summed E-state index contributed by atoms with van der Waals surface area (Å²) in [6.45, 7) is 3.75. The van der Waals surface area contributed by atoms with Crippen molar-refractivity contribution in [3.8, 4) is 0 Å². The van der Waals surface area contributed by atoms with Crippen molar-refractivity contribution in [3.63, 3.8) is 0 Å². The molecule has 0 saturated carbocycles. The second-order valence-corrected chi connectivity index (χ2v) is 8.68. The minimum Gasteiger partial charge on any atom is -0.459 e. The molecule has 1 fully saturated rings. The highest BCUT2D eigenvalue weighted by Crippen LogP contribution is 2.19. The number of furan rings is 1. The number of amides is 2. The maximum atomic E-state index is 12.9. The van der Waals surface area contributed by atoms with Gasteiger partial charge < -0.3 is 15.1 Å². The molecule has 33 heavy (non-hydrogen) atoms. The van der Waals surface area contributed by atoms with Gasteiger partial charge in [0, 0.05) is 24.7 Å². The molecule has 0 bridgehead atoms. The summed E-state index contributed by atoms with van der Waals surface area (Å²) in [6.07, 6.45) is 3.90. The highest BCUT2D eigenvalue weighted by atomic mass is 16.3. The van der Waals surface area contributed by atoms with Crippen LogP contribution in [0.4, 0.5) is 0 Å². The highest BCUT2D eigenvalue weighted by molar-refractivity contribution is 5.93. The van der Waals surface area contributed by atoms with Crippen molar-refractivity contribution in [2.24, 2.45) is 0 Å². The van der Waals surface area contributed by atoms with Crippen LogP contribution in [0.2, 0.25) is 0 Å². The number of benzene rings is 2. The maximum absolute atomic E-state index is 12.9. The quantitative estimate of drug-likeness (QED) is 0.552. The van der Waals surface area contributed by atoms with Crippen molar-refractivity contribution in [3.05, 3.63) is 95.4 Å². The zero-order valence-corrected chi connectivity index (χ0v) is 19.0. The molecule has 2 N–H and O–H groups in total. The SMILES string of the molecule is Cc1ccoc1C(=O)NC1CCN(CC(=O)NC(Cc2ccccc2)c2ccccc2)CC1. The lowest BCUT2D eigenvalue weighted by atomic mass is 9.98. The largest absolute Gasteiger partial charge is 0.459 e. The van der Waals surface area contributed by atoms with Gasteiger partial charge in [-0.2, -0.15) is 0 Å². The third-order valence-corrected chi connectivity index (χ3v) is 6.18. The molecule has 4 rings (SSSR count). The number of aryl methyl sites for hydroxylation is 1. The van der Waals surface area contributed by atoms with Crippen LogP contribution < -0.4 is 10.6 Å². The normalized spacial score (nSPS) is 15.7. The van der Waals surface area contributed by atoms with Gasteiger partial charge in [-0.25, -0.2) is 0 Å². The van der Waals surface area contributed by atoms with E-state index in [4.69, 9.17) is 4.42 Å². The first kappa shape index (κ1) is 22.8. The Balaban J connectivity index is 1.28. The van der Waals surface area contributed by atoms with Gasteiger partial charge in [0.15, 0.2) is 5.76 Å². The van der Waals surface area contributed by atoms with Gasteiger partial charge in [-0.1, -0.05) is 60.7 Å². The van der Waals surface area contributed by atoms with Crippen molar-refractivity contribution < 1.29 is 14.0 Å². The van der Waals surface area contributed by atoms with E-state index in [9.17, 15) is 9.59 Å². The Bertz CT molecular complexity index is 1040. The Kier molecular flexibility index (Phi) is 7.58. The van der Waals surface area contributed by atoms with Crippen LogP contribution in [0.3, 0.4) is 0 Å². The number of carbonyl (C=O) groups excluding carboxylic acids is 2. The van der Waals surface area contributed by atoms with Gasteiger partial charge >= 0.3 is 0 Å². The standard InChI is InChI=1S/C27H31N3O3/c1-20-14-17-33-26(20)27(32)28-23-12-15-30(16-13-23)19-25(31)29-24(22-10-6-3-7-11-22)18-21-8-4-2-5-9-21/h2-11,14,17,23-24H,12-13,15-16,18-19H2,1H3,(H,28,32)(H,29,31). The van der Waals surface area contributed by atoms with Crippen LogP contribution in [-0.4, -0.2) is 42.4 Å². The van der Waals surface area contributed by atoms with E-state index in [0.717, 1.165) is 43.5 Å². The first-order chi connectivity index (χ1) is 16.1. The van der Waals surface area contributed by atoms with Crippen LogP contribution in [0.25, 0.3) is 0 Å². The third kappa shape index (κ3) is 6.33. The van der Waals surface area contributed by atoms with E-state index in [1.165, 1.54) is 11.8 Å². The number of nitrogens with one attached hydrogen (secondary N) is 2. The molecule has 1 unspecified atom stereocenters. The highest BCUT2D eigenvalue weighted by Gasteiger charge is 2.25. The lowest BCUT2D eigenvalue weighted by Crippen LogP contribution is -2.47. The molecule has 1 saturated heterocycles. The molecule has 0 radical (unpaired) electrons. The van der Waals surface area contributed by atoms with Crippen molar-refractivity contribution in [2.75, 3.05) is 19.6 Å². The number of hydrogen-bond acceptors (Lipinski definition) is 4. The summed E-state index contributed by atoms with van der Waals surface area (Å²) in [4.78, 5) is 27.4. The summed E-state index contributed by atoms with van der Waals surface area (Å²) in [6, 6.07) is 22.1. The summed E-state index contributed by atoms with van der Waals surface area (Å²) in [5, 5.41) is 6.29. The van der Waals surface area contributed by atoms with Crippen molar-refractivity contribution in [2.45, 2.75) is 38.3 Å². The van der Waals surface area contributed by atoms with Crippen LogP contribution in [0.1, 0.15) is 46.1 Å². The average Bonchev–Trinajstić information content (AvgIpc) is 3.27. The molecule has 3 aromatic rings. The lowest BCUT2D eigenvalue weighted by Gasteiger charge is -2.32. The zero-order chi connectivity index (χ0) is 23.0. The van der Waals surface area contributed by atoms with E-state index in [1.807, 2.05) is 43.3 Å². The molecule has 0 aliphatic carbocycles. The molecule has 172 valence electrons. The van der Waals surface area contributed by atoms with Crippen LogP contribution in [-0.2, 0) is 11.2 Å². The second-order valence-electron chi connectivity index (χ2n) is 8.68. The minimum absolute atomic E-state index is 0.0217. The van der Waals surface area contributed by atoms with Gasteiger partial charge in [-0.3, -0.25) is 14.5 Å². The molecule has 1 aliphatic heterocycles. The van der Waals surface area contributed by atoms with Crippen LogP contribution >= 0.6 is 0 Å². The molecule has 1 aliphatic rings. The van der Waals surface area contributed by atoms with Gasteiger partial charge in [0.05, 0.1) is 18.8 Å². The predicted octanol–water partition coefficient (Wildman–Crippen LogP) is 3.88. The summed E-state index contributed by atoms with van der Waals surface area (Å²) in [5.41, 5.74) is 3.13. The van der Waals surface area contributed by atoms with Crippen molar-refractivity contribution in [1.82, 2.24) is 15.5 Å². The molecule has 0 spiro atoms. The number of piperidine rings is 1. The minimum atomic E-state index is -0.166.